The van der Waals surface area contributed by atoms with Gasteiger partial charge in [0.1, 0.15) is 12.1 Å². The third-order valence-electron chi connectivity index (χ3n) is 5.94. The van der Waals surface area contributed by atoms with E-state index in [1.54, 1.807) is 24.3 Å². The van der Waals surface area contributed by atoms with Crippen LogP contribution in [0.1, 0.15) is 16.8 Å². The summed E-state index contributed by atoms with van der Waals surface area (Å²) in [6, 6.07) is 10.4. The largest absolute Gasteiger partial charge is 0.439 e. The molecule has 5 rings (SSSR count). The highest BCUT2D eigenvalue weighted by atomic mass is 32.2. The normalized spacial score (nSPS) is 14.4. The van der Waals surface area contributed by atoms with E-state index < -0.39 is 27.8 Å². The van der Waals surface area contributed by atoms with Crippen molar-refractivity contribution < 1.29 is 31.1 Å². The number of hydrogen-bond donors (Lipinski definition) is 1. The van der Waals surface area contributed by atoms with Crippen LogP contribution in [0, 0.1) is 0 Å². The van der Waals surface area contributed by atoms with Crippen LogP contribution in [0.3, 0.4) is 0 Å². The number of nitrogens with zero attached hydrogens (tertiary/aromatic N) is 4. The molecule has 0 saturated carbocycles. The highest BCUT2D eigenvalue weighted by Gasteiger charge is 2.30. The van der Waals surface area contributed by atoms with Gasteiger partial charge in [0.15, 0.2) is 0 Å². The van der Waals surface area contributed by atoms with Gasteiger partial charge in [0.25, 0.3) is 0 Å². The smallest absolute Gasteiger partial charge is 0.416 e. The number of carbonyl (C=O) groups is 1. The maximum absolute atomic E-state index is 13.0. The topological polar surface area (TPSA) is 106 Å². The molecule has 4 aromatic rings. The predicted octanol–water partition coefficient (Wildman–Crippen LogP) is 4.64. The molecular weight excluding hydrogens is 511 g/mol. The van der Waals surface area contributed by atoms with E-state index in [-0.39, 0.29) is 12.2 Å². The Hall–Kier alpha value is -3.97. The monoisotopic (exact) mass is 531 g/mol. The molecule has 1 aliphatic rings. The maximum Gasteiger partial charge on any atom is 0.416 e. The molecule has 2 aromatic carbocycles. The van der Waals surface area contributed by atoms with E-state index in [0.29, 0.717) is 41.2 Å². The Kier molecular flexibility index (Phi) is 6.12. The summed E-state index contributed by atoms with van der Waals surface area (Å²) in [5.41, 5.74) is 0.969. The van der Waals surface area contributed by atoms with Gasteiger partial charge >= 0.3 is 12.2 Å². The molecule has 0 fully saturated rings. The summed E-state index contributed by atoms with van der Waals surface area (Å²) in [7, 11) is -3.35. The van der Waals surface area contributed by atoms with Crippen molar-refractivity contribution in [2.75, 3.05) is 18.1 Å². The first-order valence-electron chi connectivity index (χ1n) is 11.0. The Bertz CT molecular complexity index is 1620. The van der Waals surface area contributed by atoms with Crippen LogP contribution in [0.25, 0.3) is 10.9 Å². The van der Waals surface area contributed by atoms with Gasteiger partial charge in [-0.25, -0.2) is 23.2 Å². The van der Waals surface area contributed by atoms with Crippen molar-refractivity contribution in [2.45, 2.75) is 19.1 Å². The highest BCUT2D eigenvalue weighted by Crippen LogP contribution is 2.32. The molecule has 0 unspecified atom stereocenters. The van der Waals surface area contributed by atoms with Gasteiger partial charge in [-0.1, -0.05) is 6.07 Å². The summed E-state index contributed by atoms with van der Waals surface area (Å²) >= 11 is 0. The number of benzene rings is 2. The van der Waals surface area contributed by atoms with E-state index in [0.717, 1.165) is 24.0 Å². The van der Waals surface area contributed by atoms with E-state index >= 15 is 0 Å². The van der Waals surface area contributed by atoms with Crippen molar-refractivity contribution in [3.05, 3.63) is 77.9 Å². The van der Waals surface area contributed by atoms with E-state index in [2.05, 4.69) is 15.3 Å². The third-order valence-corrected chi connectivity index (χ3v) is 7.19. The van der Waals surface area contributed by atoms with Crippen LogP contribution in [-0.4, -0.2) is 46.1 Å². The number of carbonyl (C=O) groups excluding carboxylic acids is 1. The van der Waals surface area contributed by atoms with Crippen molar-refractivity contribution >= 4 is 32.6 Å². The zero-order valence-corrected chi connectivity index (χ0v) is 20.2. The number of hydrogen-bond acceptors (Lipinski definition) is 6. The van der Waals surface area contributed by atoms with Gasteiger partial charge in [0, 0.05) is 29.4 Å². The minimum absolute atomic E-state index is 0.0182. The lowest BCUT2D eigenvalue weighted by Gasteiger charge is -2.26. The molecular formula is C24H20F3N5O4S. The molecule has 0 bridgehead atoms. The number of fused-ring (bicyclic) bond motifs is 2. The number of aromatic nitrogens is 3. The minimum Gasteiger partial charge on any atom is -0.439 e. The Morgan fingerprint density at radius 2 is 1.92 bits per heavy atom. The summed E-state index contributed by atoms with van der Waals surface area (Å²) in [4.78, 5) is 21.2. The Balaban J connectivity index is 1.35. The van der Waals surface area contributed by atoms with Crippen LogP contribution in [-0.2, 0) is 29.2 Å². The third kappa shape index (κ3) is 5.13. The summed E-state index contributed by atoms with van der Waals surface area (Å²) < 4.78 is 71.3. The molecule has 2 aromatic heterocycles. The van der Waals surface area contributed by atoms with Crippen LogP contribution >= 0.6 is 0 Å². The van der Waals surface area contributed by atoms with E-state index in [1.165, 1.54) is 33.5 Å². The average molecular weight is 532 g/mol. The number of nitrogens with one attached hydrogen (secondary N) is 1. The van der Waals surface area contributed by atoms with Gasteiger partial charge in [0.05, 0.1) is 29.6 Å². The van der Waals surface area contributed by atoms with Crippen molar-refractivity contribution in [1.82, 2.24) is 18.8 Å². The Morgan fingerprint density at radius 1 is 1.11 bits per heavy atom. The lowest BCUT2D eigenvalue weighted by molar-refractivity contribution is -0.137. The number of anilines is 1. The lowest BCUT2D eigenvalue weighted by Crippen LogP contribution is -2.35. The molecule has 0 radical (unpaired) electrons. The summed E-state index contributed by atoms with van der Waals surface area (Å²) in [5.74, 6) is 0.759. The fourth-order valence-electron chi connectivity index (χ4n) is 4.10. The summed E-state index contributed by atoms with van der Waals surface area (Å²) in [5, 5.41) is 3.14. The zero-order valence-electron chi connectivity index (χ0n) is 19.4. The molecule has 13 heteroatoms. The first kappa shape index (κ1) is 24.7. The van der Waals surface area contributed by atoms with Gasteiger partial charge in [0.2, 0.25) is 15.9 Å². The molecule has 37 heavy (non-hydrogen) atoms. The van der Waals surface area contributed by atoms with Crippen molar-refractivity contribution in [3.63, 3.8) is 0 Å². The van der Waals surface area contributed by atoms with Gasteiger partial charge in [-0.05, 0) is 48.9 Å². The van der Waals surface area contributed by atoms with Crippen LogP contribution in [0.5, 0.6) is 11.6 Å². The van der Waals surface area contributed by atoms with Crippen LogP contribution < -0.4 is 10.1 Å². The van der Waals surface area contributed by atoms with E-state index in [1.807, 2.05) is 0 Å². The first-order valence-corrected chi connectivity index (χ1v) is 12.9. The minimum atomic E-state index is -4.52. The first-order chi connectivity index (χ1) is 17.5. The molecule has 0 atom stereocenters. The fraction of sp³-hybridized carbons (Fsp3) is 0.208. The number of ether oxygens (including phenoxy) is 1. The predicted molar refractivity (Wildman–Crippen MR) is 129 cm³/mol. The molecule has 192 valence electrons. The number of sulfonamides is 1. The molecule has 1 amide bonds. The standard InChI is InChI=1S/C24H20F3N5O4S/c1-37(34,35)31-9-8-19-20(13-31)28-14-29-22(19)36-18-5-6-21-15(11-18)7-10-32(21)23(33)30-17-4-2-3-16(12-17)24(25,26)27/h2-7,10-12,14H,8-9,13H2,1H3,(H,30,33). The molecule has 1 N–H and O–H groups in total. The molecule has 9 nitrogen and oxygen atoms in total. The second-order valence-corrected chi connectivity index (χ2v) is 10.5. The fourth-order valence-corrected chi connectivity index (χ4v) is 4.88. The van der Waals surface area contributed by atoms with Crippen LogP contribution in [0.2, 0.25) is 0 Å². The van der Waals surface area contributed by atoms with Crippen molar-refractivity contribution in [1.29, 1.82) is 0 Å². The maximum atomic E-state index is 13.0. The van der Waals surface area contributed by atoms with Gasteiger partial charge in [-0.2, -0.15) is 17.5 Å². The molecule has 0 spiro atoms. The van der Waals surface area contributed by atoms with Crippen LogP contribution in [0.4, 0.5) is 23.7 Å². The van der Waals surface area contributed by atoms with Crippen LogP contribution in [0.15, 0.2) is 61.1 Å². The number of alkyl halides is 3. The summed E-state index contributed by atoms with van der Waals surface area (Å²) in [6.45, 7) is 0.425. The molecule has 1 aliphatic heterocycles. The van der Waals surface area contributed by atoms with Gasteiger partial charge in [-0.15, -0.1) is 0 Å². The summed E-state index contributed by atoms with van der Waals surface area (Å²) in [6.07, 6.45) is -0.158. The van der Waals surface area contributed by atoms with E-state index in [9.17, 15) is 26.4 Å². The number of rotatable bonds is 4. The number of amides is 1. The average Bonchev–Trinajstić information content (AvgIpc) is 3.26. The highest BCUT2D eigenvalue weighted by molar-refractivity contribution is 7.88. The van der Waals surface area contributed by atoms with Gasteiger partial charge in [-0.3, -0.25) is 4.57 Å². The Labute approximate surface area is 209 Å². The molecule has 0 aliphatic carbocycles. The number of halogens is 3. The molecule has 3 heterocycles. The quantitative estimate of drug-likeness (QED) is 0.411. The van der Waals surface area contributed by atoms with Gasteiger partial charge < -0.3 is 10.1 Å². The van der Waals surface area contributed by atoms with Crippen molar-refractivity contribution in [2.24, 2.45) is 0 Å². The lowest BCUT2D eigenvalue weighted by atomic mass is 10.1. The van der Waals surface area contributed by atoms with E-state index in [4.69, 9.17) is 4.74 Å². The van der Waals surface area contributed by atoms with Crippen molar-refractivity contribution in [3.8, 4) is 11.6 Å². The Morgan fingerprint density at radius 3 is 2.68 bits per heavy atom. The second kappa shape index (κ2) is 9.16. The molecule has 0 saturated heterocycles. The zero-order chi connectivity index (χ0) is 26.4. The second-order valence-electron chi connectivity index (χ2n) is 8.47. The SMILES string of the molecule is CS(=O)(=O)N1CCc2c(ncnc2Oc2ccc3c(ccn3C(=O)Nc3cccc(C(F)(F)F)c3)c2)C1.